The SMILES string of the molecule is Cc1oc(=O)oc1COC(=O)CCC(CP(=O)(O)OCc1oc(=O)oc1C)C(=O)O. The Bertz CT molecular complexity index is 1050. The minimum atomic E-state index is -4.40. The van der Waals surface area contributed by atoms with Crippen molar-refractivity contribution in [2.45, 2.75) is 39.9 Å². The molecule has 2 aromatic heterocycles. The molecule has 2 aromatic rings. The summed E-state index contributed by atoms with van der Waals surface area (Å²) in [6, 6.07) is 0. The van der Waals surface area contributed by atoms with Crippen LogP contribution in [0, 0.1) is 19.8 Å². The maximum absolute atomic E-state index is 12.2. The summed E-state index contributed by atoms with van der Waals surface area (Å²) >= 11 is 0. The van der Waals surface area contributed by atoms with Crippen LogP contribution < -0.4 is 11.6 Å². The number of aryl methyl sites for hydroxylation is 2. The van der Waals surface area contributed by atoms with E-state index in [0.717, 1.165) is 0 Å². The first-order chi connectivity index (χ1) is 14.0. The Labute approximate surface area is 167 Å². The van der Waals surface area contributed by atoms with Gasteiger partial charge in [0.1, 0.15) is 12.4 Å². The van der Waals surface area contributed by atoms with Gasteiger partial charge >= 0.3 is 31.2 Å². The number of carbonyl (C=O) groups is 2. The van der Waals surface area contributed by atoms with Crippen molar-refractivity contribution in [1.29, 1.82) is 0 Å². The Balaban J connectivity index is 1.86. The van der Waals surface area contributed by atoms with Crippen molar-refractivity contribution in [3.05, 3.63) is 44.3 Å². The van der Waals surface area contributed by atoms with Crippen molar-refractivity contribution >= 4 is 19.5 Å². The van der Waals surface area contributed by atoms with Gasteiger partial charge < -0.3 is 36.9 Å². The summed E-state index contributed by atoms with van der Waals surface area (Å²) < 4.78 is 40.3. The van der Waals surface area contributed by atoms with E-state index in [4.69, 9.17) is 9.26 Å². The summed E-state index contributed by atoms with van der Waals surface area (Å²) in [4.78, 5) is 54.9. The Kier molecular flexibility index (Phi) is 7.59. The minimum Gasteiger partial charge on any atom is -0.481 e. The number of carboxylic acids is 1. The van der Waals surface area contributed by atoms with Crippen molar-refractivity contribution in [1.82, 2.24) is 0 Å². The third kappa shape index (κ3) is 6.87. The summed E-state index contributed by atoms with van der Waals surface area (Å²) in [5.41, 5.74) is 0. The number of aliphatic carboxylic acids is 1. The predicted molar refractivity (Wildman–Crippen MR) is 93.6 cm³/mol. The number of hydrogen-bond donors (Lipinski definition) is 2. The molecule has 13 nitrogen and oxygen atoms in total. The maximum Gasteiger partial charge on any atom is 0.519 e. The van der Waals surface area contributed by atoms with E-state index in [1.54, 1.807) is 0 Å². The van der Waals surface area contributed by atoms with Gasteiger partial charge in [-0.25, -0.2) is 9.59 Å². The molecule has 0 aliphatic heterocycles. The van der Waals surface area contributed by atoms with E-state index >= 15 is 0 Å². The van der Waals surface area contributed by atoms with Crippen LogP contribution in [0.2, 0.25) is 0 Å². The topological polar surface area (TPSA) is 197 Å². The molecule has 30 heavy (non-hydrogen) atoms. The van der Waals surface area contributed by atoms with E-state index < -0.39 is 49.9 Å². The molecule has 0 spiro atoms. The maximum atomic E-state index is 12.2. The number of esters is 1. The third-order valence-electron chi connectivity index (χ3n) is 3.93. The molecule has 0 aliphatic carbocycles. The zero-order valence-electron chi connectivity index (χ0n) is 15.9. The largest absolute Gasteiger partial charge is 0.519 e. The van der Waals surface area contributed by atoms with Crippen LogP contribution in [-0.4, -0.2) is 28.1 Å². The molecule has 166 valence electrons. The smallest absolute Gasteiger partial charge is 0.481 e. The number of carboxylic acid groups (broad SMARTS) is 1. The van der Waals surface area contributed by atoms with Crippen molar-refractivity contribution in [2.75, 3.05) is 6.16 Å². The second kappa shape index (κ2) is 9.74. The Morgan fingerprint density at radius 1 is 1.00 bits per heavy atom. The van der Waals surface area contributed by atoms with Gasteiger partial charge in [-0.15, -0.1) is 0 Å². The zero-order chi connectivity index (χ0) is 22.5. The molecule has 14 heteroatoms. The molecular weight excluding hydrogens is 431 g/mol. The van der Waals surface area contributed by atoms with Crippen molar-refractivity contribution in [3.8, 4) is 0 Å². The second-order valence-electron chi connectivity index (χ2n) is 6.19. The average Bonchev–Trinajstić information content (AvgIpc) is 3.14. The first-order valence-corrected chi connectivity index (χ1v) is 10.3. The molecule has 2 unspecified atom stereocenters. The van der Waals surface area contributed by atoms with Crippen molar-refractivity contribution in [2.24, 2.45) is 5.92 Å². The number of carbonyl (C=O) groups excluding carboxylic acids is 1. The van der Waals surface area contributed by atoms with Crippen molar-refractivity contribution < 1.29 is 51.1 Å². The number of ether oxygens (including phenoxy) is 1. The lowest BCUT2D eigenvalue weighted by Gasteiger charge is -2.16. The molecule has 2 rings (SSSR count). The predicted octanol–water partition coefficient (Wildman–Crippen LogP) is 1.32. The highest BCUT2D eigenvalue weighted by atomic mass is 31.2. The zero-order valence-corrected chi connectivity index (χ0v) is 16.8. The van der Waals surface area contributed by atoms with Gasteiger partial charge in [0.05, 0.1) is 12.1 Å². The normalized spacial score (nSPS) is 14.2. The average molecular weight is 450 g/mol. The Hall–Kier alpha value is -2.89. The molecule has 0 saturated heterocycles. The van der Waals surface area contributed by atoms with Gasteiger partial charge in [-0.3, -0.25) is 14.2 Å². The van der Waals surface area contributed by atoms with Gasteiger partial charge in [-0.2, -0.15) is 0 Å². The Morgan fingerprint density at radius 3 is 2.00 bits per heavy atom. The molecule has 0 radical (unpaired) electrons. The first-order valence-electron chi connectivity index (χ1n) is 8.50. The van der Waals surface area contributed by atoms with Gasteiger partial charge in [-0.1, -0.05) is 0 Å². The van der Waals surface area contributed by atoms with Crippen LogP contribution in [0.4, 0.5) is 0 Å². The summed E-state index contributed by atoms with van der Waals surface area (Å²) in [5, 5.41) is 9.25. The monoisotopic (exact) mass is 450 g/mol. The number of rotatable bonds is 11. The molecule has 0 amide bonds. The fourth-order valence-electron chi connectivity index (χ4n) is 2.31. The fraction of sp³-hybridized carbons (Fsp3) is 0.500. The summed E-state index contributed by atoms with van der Waals surface area (Å²) in [6.45, 7) is 1.86. The van der Waals surface area contributed by atoms with E-state index in [1.165, 1.54) is 13.8 Å². The van der Waals surface area contributed by atoms with E-state index in [9.17, 15) is 33.7 Å². The van der Waals surface area contributed by atoms with Gasteiger partial charge in [0.2, 0.25) is 0 Å². The van der Waals surface area contributed by atoms with Gasteiger partial charge in [-0.05, 0) is 20.3 Å². The standard InChI is InChI=1S/C16H19O13P/c1-8-11(28-15(20)26-8)5-24-13(17)4-3-10(14(18)19)7-30(22,23)25-6-12-9(2)27-16(21)29-12/h10H,3-7H2,1-2H3,(H,18,19)(H,22,23). The highest BCUT2D eigenvalue weighted by molar-refractivity contribution is 7.52. The molecule has 0 aromatic carbocycles. The molecular formula is C16H19O13P. The van der Waals surface area contributed by atoms with E-state index in [2.05, 4.69) is 17.7 Å². The lowest BCUT2D eigenvalue weighted by Crippen LogP contribution is -2.20. The quantitative estimate of drug-likeness (QED) is 0.367. The van der Waals surface area contributed by atoms with Gasteiger partial charge in [0.15, 0.2) is 23.9 Å². The first kappa shape index (κ1) is 23.4. The van der Waals surface area contributed by atoms with Crippen LogP contribution in [0.3, 0.4) is 0 Å². The third-order valence-corrected chi connectivity index (χ3v) is 5.36. The van der Waals surface area contributed by atoms with Crippen molar-refractivity contribution in [3.63, 3.8) is 0 Å². The van der Waals surface area contributed by atoms with Gasteiger partial charge in [0, 0.05) is 6.42 Å². The molecule has 0 bridgehead atoms. The van der Waals surface area contributed by atoms with Crippen LogP contribution >= 0.6 is 7.60 Å². The molecule has 0 aliphatic rings. The molecule has 0 saturated carbocycles. The number of hydrogen-bond acceptors (Lipinski definition) is 11. The molecule has 0 fully saturated rings. The van der Waals surface area contributed by atoms with E-state index in [-0.39, 0.29) is 42.5 Å². The molecule has 2 atom stereocenters. The lowest BCUT2D eigenvalue weighted by molar-refractivity contribution is -0.146. The lowest BCUT2D eigenvalue weighted by atomic mass is 10.1. The van der Waals surface area contributed by atoms with Crippen LogP contribution in [0.15, 0.2) is 27.3 Å². The molecule has 2 N–H and O–H groups in total. The summed E-state index contributed by atoms with van der Waals surface area (Å²) in [5.74, 6) is -5.47. The van der Waals surface area contributed by atoms with Gasteiger partial charge in [0.25, 0.3) is 0 Å². The minimum absolute atomic E-state index is 0.0117. The Morgan fingerprint density at radius 2 is 1.53 bits per heavy atom. The van der Waals surface area contributed by atoms with E-state index in [1.807, 2.05) is 0 Å². The second-order valence-corrected chi connectivity index (χ2v) is 8.09. The fourth-order valence-corrected chi connectivity index (χ4v) is 3.63. The van der Waals surface area contributed by atoms with Crippen LogP contribution in [0.5, 0.6) is 0 Å². The van der Waals surface area contributed by atoms with Crippen LogP contribution in [0.1, 0.15) is 35.9 Å². The summed E-state index contributed by atoms with van der Waals surface area (Å²) in [6.07, 6.45) is -1.48. The van der Waals surface area contributed by atoms with E-state index in [0.29, 0.717) is 0 Å². The highest BCUT2D eigenvalue weighted by Gasteiger charge is 2.31. The summed E-state index contributed by atoms with van der Waals surface area (Å²) in [7, 11) is -4.40. The van der Waals surface area contributed by atoms with Crippen LogP contribution in [-0.2, 0) is 36.6 Å². The molecule has 2 heterocycles. The highest BCUT2D eigenvalue weighted by Crippen LogP contribution is 2.45. The van der Waals surface area contributed by atoms with Crippen LogP contribution in [0.25, 0.3) is 0 Å².